The van der Waals surface area contributed by atoms with E-state index in [1.54, 1.807) is 6.07 Å². The van der Waals surface area contributed by atoms with Gasteiger partial charge in [-0.1, -0.05) is 19.0 Å². The summed E-state index contributed by atoms with van der Waals surface area (Å²) in [5.74, 6) is 1.20. The van der Waals surface area contributed by atoms with E-state index in [-0.39, 0.29) is 11.1 Å². The number of anilines is 1. The molecule has 0 aliphatic heterocycles. The minimum Gasteiger partial charge on any atom is -0.452 e. The van der Waals surface area contributed by atoms with Crippen LogP contribution in [0.2, 0.25) is 5.22 Å². The Bertz CT molecular complexity index is 473. The minimum atomic E-state index is 0.220. The number of aromatic nitrogens is 1. The third-order valence-corrected chi connectivity index (χ3v) is 2.49. The minimum absolute atomic E-state index is 0.220. The molecule has 0 amide bonds. The summed E-state index contributed by atoms with van der Waals surface area (Å²) in [6, 6.07) is 1.73. The van der Waals surface area contributed by atoms with E-state index in [4.69, 9.17) is 26.3 Å². The van der Waals surface area contributed by atoms with Gasteiger partial charge in [-0.25, -0.2) is 0 Å². The van der Waals surface area contributed by atoms with Crippen LogP contribution in [0.25, 0.3) is 11.3 Å². The number of nitrogens with zero attached hydrogens (tertiary/aromatic N) is 1. The third-order valence-electron chi connectivity index (χ3n) is 2.20. The van der Waals surface area contributed by atoms with Crippen molar-refractivity contribution < 1.29 is 8.94 Å². The van der Waals surface area contributed by atoms with Crippen molar-refractivity contribution in [2.75, 3.05) is 5.73 Å². The van der Waals surface area contributed by atoms with Crippen molar-refractivity contribution in [3.05, 3.63) is 23.1 Å². The van der Waals surface area contributed by atoms with E-state index >= 15 is 0 Å². The molecule has 0 spiro atoms. The van der Waals surface area contributed by atoms with Gasteiger partial charge in [-0.05, 0) is 23.6 Å². The quantitative estimate of drug-likeness (QED) is 0.853. The van der Waals surface area contributed by atoms with Crippen molar-refractivity contribution >= 4 is 17.4 Å². The molecular weight excluding hydrogens is 216 g/mol. The lowest BCUT2D eigenvalue weighted by molar-refractivity contribution is 0.434. The van der Waals surface area contributed by atoms with Crippen molar-refractivity contribution in [1.29, 1.82) is 0 Å². The van der Waals surface area contributed by atoms with Crippen LogP contribution in [0.15, 0.2) is 21.3 Å². The van der Waals surface area contributed by atoms with Gasteiger partial charge in [0, 0.05) is 5.56 Å². The summed E-state index contributed by atoms with van der Waals surface area (Å²) < 4.78 is 10.2. The number of hydrogen-bond acceptors (Lipinski definition) is 4. The highest BCUT2D eigenvalue weighted by atomic mass is 35.5. The maximum Gasteiger partial charge on any atom is 0.204 e. The van der Waals surface area contributed by atoms with Gasteiger partial charge in [-0.2, -0.15) is 0 Å². The molecule has 15 heavy (non-hydrogen) atoms. The smallest absolute Gasteiger partial charge is 0.204 e. The standard InChI is InChI=1S/C10H11ClN2O2/c1-5(2)7-8(15-13-10(7)12)6-3-4-14-9(6)11/h3-5H,1-2H3,(H2,12,13). The van der Waals surface area contributed by atoms with Crippen molar-refractivity contribution in [3.8, 4) is 11.3 Å². The zero-order valence-corrected chi connectivity index (χ0v) is 9.21. The van der Waals surface area contributed by atoms with Gasteiger partial charge < -0.3 is 14.7 Å². The van der Waals surface area contributed by atoms with Crippen LogP contribution in [0.4, 0.5) is 5.82 Å². The fourth-order valence-electron chi connectivity index (χ4n) is 1.52. The number of rotatable bonds is 2. The number of nitrogen functional groups attached to an aromatic ring is 1. The second-order valence-corrected chi connectivity index (χ2v) is 3.92. The summed E-state index contributed by atoms with van der Waals surface area (Å²) >= 11 is 5.86. The van der Waals surface area contributed by atoms with Crippen LogP contribution in [0.1, 0.15) is 25.3 Å². The first-order valence-corrected chi connectivity index (χ1v) is 4.97. The van der Waals surface area contributed by atoms with Crippen LogP contribution in [-0.4, -0.2) is 5.16 Å². The van der Waals surface area contributed by atoms with E-state index in [0.29, 0.717) is 17.1 Å². The Kier molecular flexibility index (Phi) is 2.44. The molecule has 5 heteroatoms. The van der Waals surface area contributed by atoms with Gasteiger partial charge in [0.1, 0.15) is 0 Å². The molecule has 0 bridgehead atoms. The molecule has 0 aliphatic carbocycles. The molecule has 0 fully saturated rings. The Morgan fingerprint density at radius 2 is 2.20 bits per heavy atom. The first-order valence-electron chi connectivity index (χ1n) is 4.59. The Morgan fingerprint density at radius 1 is 1.47 bits per heavy atom. The first-order chi connectivity index (χ1) is 7.11. The summed E-state index contributed by atoms with van der Waals surface area (Å²) in [5.41, 5.74) is 7.26. The predicted octanol–water partition coefficient (Wildman–Crippen LogP) is 3.29. The van der Waals surface area contributed by atoms with Crippen LogP contribution in [0.3, 0.4) is 0 Å². The molecule has 0 saturated carbocycles. The molecule has 2 heterocycles. The van der Waals surface area contributed by atoms with Crippen LogP contribution in [-0.2, 0) is 0 Å². The molecule has 0 unspecified atom stereocenters. The lowest BCUT2D eigenvalue weighted by Crippen LogP contribution is -1.94. The average Bonchev–Trinajstić information content (AvgIpc) is 2.71. The Morgan fingerprint density at radius 3 is 2.73 bits per heavy atom. The zero-order chi connectivity index (χ0) is 11.0. The Labute approximate surface area is 92.0 Å². The normalized spacial score (nSPS) is 11.2. The molecule has 4 nitrogen and oxygen atoms in total. The average molecular weight is 227 g/mol. The number of furan rings is 1. The maximum atomic E-state index is 5.86. The monoisotopic (exact) mass is 226 g/mol. The van der Waals surface area contributed by atoms with Gasteiger partial charge in [0.25, 0.3) is 0 Å². The molecule has 2 aromatic heterocycles. The summed E-state index contributed by atoms with van der Waals surface area (Å²) in [5, 5.41) is 4.02. The van der Waals surface area contributed by atoms with Gasteiger partial charge in [0.2, 0.25) is 5.22 Å². The fraction of sp³-hybridized carbons (Fsp3) is 0.300. The van der Waals surface area contributed by atoms with Crippen LogP contribution in [0.5, 0.6) is 0 Å². The van der Waals surface area contributed by atoms with E-state index < -0.39 is 0 Å². The van der Waals surface area contributed by atoms with Gasteiger partial charge in [0.05, 0.1) is 11.8 Å². The topological polar surface area (TPSA) is 65.2 Å². The molecule has 2 N–H and O–H groups in total. The highest BCUT2D eigenvalue weighted by molar-refractivity contribution is 6.31. The van der Waals surface area contributed by atoms with E-state index in [9.17, 15) is 0 Å². The van der Waals surface area contributed by atoms with Gasteiger partial charge in [0.15, 0.2) is 11.6 Å². The lowest BCUT2D eigenvalue weighted by atomic mass is 10.0. The predicted molar refractivity (Wildman–Crippen MR) is 57.7 cm³/mol. The molecular formula is C10H11ClN2O2. The van der Waals surface area contributed by atoms with E-state index in [0.717, 1.165) is 5.56 Å². The highest BCUT2D eigenvalue weighted by Crippen LogP contribution is 2.37. The number of hydrogen-bond donors (Lipinski definition) is 1. The van der Waals surface area contributed by atoms with E-state index in [1.165, 1.54) is 6.26 Å². The van der Waals surface area contributed by atoms with Crippen LogP contribution >= 0.6 is 11.6 Å². The number of halogens is 1. The van der Waals surface area contributed by atoms with Crippen LogP contribution in [0, 0.1) is 0 Å². The molecule has 0 atom stereocenters. The second kappa shape index (κ2) is 3.62. The maximum absolute atomic E-state index is 5.86. The molecule has 2 aromatic rings. The van der Waals surface area contributed by atoms with Crippen molar-refractivity contribution in [2.24, 2.45) is 0 Å². The third kappa shape index (κ3) is 1.61. The van der Waals surface area contributed by atoms with Gasteiger partial charge >= 0.3 is 0 Å². The summed E-state index contributed by atoms with van der Waals surface area (Å²) in [6.07, 6.45) is 1.50. The summed E-state index contributed by atoms with van der Waals surface area (Å²) in [4.78, 5) is 0. The highest BCUT2D eigenvalue weighted by Gasteiger charge is 2.21. The Balaban J connectivity index is 2.59. The summed E-state index contributed by atoms with van der Waals surface area (Å²) in [7, 11) is 0. The van der Waals surface area contributed by atoms with E-state index in [2.05, 4.69) is 5.16 Å². The molecule has 80 valence electrons. The van der Waals surface area contributed by atoms with Gasteiger partial charge in [-0.3, -0.25) is 0 Å². The Hall–Kier alpha value is -1.42. The van der Waals surface area contributed by atoms with E-state index in [1.807, 2.05) is 13.8 Å². The zero-order valence-electron chi connectivity index (χ0n) is 8.45. The molecule has 0 aromatic carbocycles. The van der Waals surface area contributed by atoms with Crippen LogP contribution < -0.4 is 5.73 Å². The first kappa shape index (κ1) is 10.1. The molecule has 0 radical (unpaired) electrons. The van der Waals surface area contributed by atoms with Crippen molar-refractivity contribution in [3.63, 3.8) is 0 Å². The van der Waals surface area contributed by atoms with Crippen molar-refractivity contribution in [1.82, 2.24) is 5.16 Å². The second-order valence-electron chi connectivity index (χ2n) is 3.57. The molecule has 2 rings (SSSR count). The summed E-state index contributed by atoms with van der Waals surface area (Å²) in [6.45, 7) is 4.03. The van der Waals surface area contributed by atoms with Crippen molar-refractivity contribution in [2.45, 2.75) is 19.8 Å². The largest absolute Gasteiger partial charge is 0.452 e. The number of nitrogens with two attached hydrogens (primary N) is 1. The fourth-order valence-corrected chi connectivity index (χ4v) is 1.72. The van der Waals surface area contributed by atoms with Gasteiger partial charge in [-0.15, -0.1) is 0 Å². The lowest BCUT2D eigenvalue weighted by Gasteiger charge is -2.03. The molecule has 0 saturated heterocycles. The molecule has 0 aliphatic rings. The SMILES string of the molecule is CC(C)c1c(N)noc1-c1ccoc1Cl.